The molecule has 0 unspecified atom stereocenters. The number of anilines is 1. The van der Waals surface area contributed by atoms with Crippen molar-refractivity contribution in [2.45, 2.75) is 32.0 Å². The van der Waals surface area contributed by atoms with Crippen molar-refractivity contribution in [2.24, 2.45) is 0 Å². The molecule has 1 saturated carbocycles. The SMILES string of the molecule is CN(Cc1ccccc1Cl)c1nc(CNC2CC2)co1. The second kappa shape index (κ2) is 5.85. The van der Waals surface area contributed by atoms with Gasteiger partial charge < -0.3 is 14.6 Å². The Kier molecular flexibility index (Phi) is 3.94. The van der Waals surface area contributed by atoms with Crippen molar-refractivity contribution in [3.63, 3.8) is 0 Å². The van der Waals surface area contributed by atoms with Gasteiger partial charge in [0, 0.05) is 31.2 Å². The molecule has 2 aromatic rings. The van der Waals surface area contributed by atoms with E-state index in [-0.39, 0.29) is 0 Å². The van der Waals surface area contributed by atoms with Gasteiger partial charge in [0.05, 0.1) is 5.69 Å². The van der Waals surface area contributed by atoms with E-state index in [9.17, 15) is 0 Å². The van der Waals surface area contributed by atoms with Gasteiger partial charge in [-0.2, -0.15) is 4.98 Å². The lowest BCUT2D eigenvalue weighted by molar-refractivity contribution is 0.542. The maximum Gasteiger partial charge on any atom is 0.297 e. The first-order valence-electron chi connectivity index (χ1n) is 6.84. The summed E-state index contributed by atoms with van der Waals surface area (Å²) < 4.78 is 5.52. The third-order valence-electron chi connectivity index (χ3n) is 3.38. The number of nitrogens with zero attached hydrogens (tertiary/aromatic N) is 2. The second-order valence-electron chi connectivity index (χ2n) is 5.22. The summed E-state index contributed by atoms with van der Waals surface area (Å²) in [6.07, 6.45) is 4.27. The van der Waals surface area contributed by atoms with E-state index in [2.05, 4.69) is 10.3 Å². The van der Waals surface area contributed by atoms with E-state index >= 15 is 0 Å². The van der Waals surface area contributed by atoms with Crippen LogP contribution in [-0.4, -0.2) is 18.1 Å². The molecule has 1 aromatic carbocycles. The van der Waals surface area contributed by atoms with Crippen molar-refractivity contribution in [1.29, 1.82) is 0 Å². The number of halogens is 1. The van der Waals surface area contributed by atoms with Crippen LogP contribution in [0.1, 0.15) is 24.1 Å². The molecule has 4 nitrogen and oxygen atoms in total. The summed E-state index contributed by atoms with van der Waals surface area (Å²) in [5.41, 5.74) is 2.01. The summed E-state index contributed by atoms with van der Waals surface area (Å²) in [6.45, 7) is 1.45. The van der Waals surface area contributed by atoms with Gasteiger partial charge in [0.15, 0.2) is 0 Å². The Bertz CT molecular complexity index is 580. The van der Waals surface area contributed by atoms with E-state index in [0.717, 1.165) is 22.8 Å². The number of nitrogens with one attached hydrogen (secondary N) is 1. The quantitative estimate of drug-likeness (QED) is 0.887. The molecule has 0 radical (unpaired) electrons. The largest absolute Gasteiger partial charge is 0.432 e. The molecule has 0 spiro atoms. The number of rotatable bonds is 6. The third-order valence-corrected chi connectivity index (χ3v) is 3.75. The second-order valence-corrected chi connectivity index (χ2v) is 5.63. The molecule has 20 heavy (non-hydrogen) atoms. The fourth-order valence-electron chi connectivity index (χ4n) is 2.04. The van der Waals surface area contributed by atoms with Gasteiger partial charge in [-0.1, -0.05) is 29.8 Å². The van der Waals surface area contributed by atoms with Gasteiger partial charge in [0.2, 0.25) is 0 Å². The van der Waals surface area contributed by atoms with Gasteiger partial charge in [-0.05, 0) is 24.5 Å². The number of hydrogen-bond acceptors (Lipinski definition) is 4. The van der Waals surface area contributed by atoms with Crippen molar-refractivity contribution >= 4 is 17.6 Å². The van der Waals surface area contributed by atoms with Crippen LogP contribution in [0.2, 0.25) is 5.02 Å². The predicted octanol–water partition coefficient (Wildman–Crippen LogP) is 3.22. The summed E-state index contributed by atoms with van der Waals surface area (Å²) in [4.78, 5) is 6.45. The van der Waals surface area contributed by atoms with Crippen LogP contribution in [0.3, 0.4) is 0 Å². The number of benzene rings is 1. The minimum absolute atomic E-state index is 0.623. The number of aromatic nitrogens is 1. The minimum atomic E-state index is 0.623. The summed E-state index contributed by atoms with van der Waals surface area (Å²) in [5, 5.41) is 4.19. The number of hydrogen-bond donors (Lipinski definition) is 1. The summed E-state index contributed by atoms with van der Waals surface area (Å²) in [6, 6.07) is 9.12. The molecule has 1 heterocycles. The highest BCUT2D eigenvalue weighted by molar-refractivity contribution is 6.31. The minimum Gasteiger partial charge on any atom is -0.432 e. The van der Waals surface area contributed by atoms with Gasteiger partial charge in [-0.15, -0.1) is 0 Å². The van der Waals surface area contributed by atoms with E-state index in [4.69, 9.17) is 16.0 Å². The Balaban J connectivity index is 1.61. The van der Waals surface area contributed by atoms with Crippen molar-refractivity contribution in [2.75, 3.05) is 11.9 Å². The van der Waals surface area contributed by atoms with Crippen LogP contribution in [0.5, 0.6) is 0 Å². The standard InChI is InChI=1S/C15H18ClN3O/c1-19(9-11-4-2-3-5-14(11)16)15-18-13(10-20-15)8-17-12-6-7-12/h2-5,10,12,17H,6-9H2,1H3. The molecule has 3 rings (SSSR count). The Morgan fingerprint density at radius 2 is 2.20 bits per heavy atom. The van der Waals surface area contributed by atoms with Crippen molar-refractivity contribution in [3.05, 3.63) is 46.8 Å². The highest BCUT2D eigenvalue weighted by Crippen LogP contribution is 2.21. The van der Waals surface area contributed by atoms with Crippen LogP contribution in [-0.2, 0) is 13.1 Å². The van der Waals surface area contributed by atoms with Crippen LogP contribution in [0, 0.1) is 0 Å². The zero-order chi connectivity index (χ0) is 13.9. The molecule has 5 heteroatoms. The monoisotopic (exact) mass is 291 g/mol. The van der Waals surface area contributed by atoms with E-state index in [1.165, 1.54) is 12.8 Å². The number of oxazole rings is 1. The average molecular weight is 292 g/mol. The highest BCUT2D eigenvalue weighted by atomic mass is 35.5. The van der Waals surface area contributed by atoms with E-state index in [1.807, 2.05) is 36.2 Å². The molecule has 0 saturated heterocycles. The maximum absolute atomic E-state index is 6.16. The smallest absolute Gasteiger partial charge is 0.297 e. The normalized spacial score (nSPS) is 14.5. The van der Waals surface area contributed by atoms with Crippen LogP contribution in [0.4, 0.5) is 6.01 Å². The first-order valence-corrected chi connectivity index (χ1v) is 7.22. The first-order chi connectivity index (χ1) is 9.72. The summed E-state index contributed by atoms with van der Waals surface area (Å²) in [7, 11) is 1.95. The third kappa shape index (κ3) is 3.32. The Hall–Kier alpha value is -1.52. The van der Waals surface area contributed by atoms with Crippen molar-refractivity contribution < 1.29 is 4.42 Å². The maximum atomic E-state index is 6.16. The lowest BCUT2D eigenvalue weighted by Crippen LogP contribution is -2.18. The van der Waals surface area contributed by atoms with Crippen LogP contribution in [0.15, 0.2) is 34.9 Å². The van der Waals surface area contributed by atoms with Gasteiger partial charge in [0.25, 0.3) is 6.01 Å². The van der Waals surface area contributed by atoms with Gasteiger partial charge in [-0.25, -0.2) is 0 Å². The average Bonchev–Trinajstić information content (AvgIpc) is 3.15. The Labute approximate surface area is 123 Å². The molecule has 106 valence electrons. The van der Waals surface area contributed by atoms with Crippen LogP contribution < -0.4 is 10.2 Å². The van der Waals surface area contributed by atoms with E-state index in [0.29, 0.717) is 18.6 Å². The molecular formula is C15H18ClN3O. The summed E-state index contributed by atoms with van der Waals surface area (Å²) in [5.74, 6) is 0. The molecule has 1 fully saturated rings. The fraction of sp³-hybridized carbons (Fsp3) is 0.400. The van der Waals surface area contributed by atoms with E-state index < -0.39 is 0 Å². The molecule has 0 aliphatic heterocycles. The molecular weight excluding hydrogens is 274 g/mol. The summed E-state index contributed by atoms with van der Waals surface area (Å²) >= 11 is 6.16. The zero-order valence-corrected chi connectivity index (χ0v) is 12.2. The van der Waals surface area contributed by atoms with Crippen molar-refractivity contribution in [3.8, 4) is 0 Å². The Morgan fingerprint density at radius 3 is 2.95 bits per heavy atom. The van der Waals surface area contributed by atoms with E-state index in [1.54, 1.807) is 6.26 Å². The lowest BCUT2D eigenvalue weighted by atomic mass is 10.2. The predicted molar refractivity (Wildman–Crippen MR) is 79.9 cm³/mol. The molecule has 1 aliphatic rings. The molecule has 1 aromatic heterocycles. The molecule has 0 bridgehead atoms. The Morgan fingerprint density at radius 1 is 1.40 bits per heavy atom. The van der Waals surface area contributed by atoms with Crippen LogP contribution in [0.25, 0.3) is 0 Å². The first kappa shape index (κ1) is 13.5. The highest BCUT2D eigenvalue weighted by Gasteiger charge is 2.20. The van der Waals surface area contributed by atoms with Gasteiger partial charge >= 0.3 is 0 Å². The molecule has 1 aliphatic carbocycles. The molecule has 0 amide bonds. The molecule has 0 atom stereocenters. The topological polar surface area (TPSA) is 41.3 Å². The van der Waals surface area contributed by atoms with Gasteiger partial charge in [0.1, 0.15) is 6.26 Å². The molecule has 1 N–H and O–H groups in total. The lowest BCUT2D eigenvalue weighted by Gasteiger charge is -2.15. The fourth-order valence-corrected chi connectivity index (χ4v) is 2.23. The van der Waals surface area contributed by atoms with Crippen LogP contribution >= 0.6 is 11.6 Å². The van der Waals surface area contributed by atoms with Crippen molar-refractivity contribution in [1.82, 2.24) is 10.3 Å². The zero-order valence-electron chi connectivity index (χ0n) is 11.5. The van der Waals surface area contributed by atoms with Gasteiger partial charge in [-0.3, -0.25) is 0 Å².